The van der Waals surface area contributed by atoms with Gasteiger partial charge in [-0.15, -0.1) is 0 Å². The SMILES string of the molecule is CC1(C)CC1NCc1cccc2cccnc12. The van der Waals surface area contributed by atoms with Crippen LogP contribution in [0.4, 0.5) is 0 Å². The summed E-state index contributed by atoms with van der Waals surface area (Å²) >= 11 is 0. The molecule has 1 saturated carbocycles. The van der Waals surface area contributed by atoms with E-state index >= 15 is 0 Å². The zero-order valence-corrected chi connectivity index (χ0v) is 10.4. The van der Waals surface area contributed by atoms with Crippen LogP contribution in [0, 0.1) is 5.41 Å². The molecule has 1 aliphatic rings. The maximum Gasteiger partial charge on any atom is 0.0746 e. The second-order valence-corrected chi connectivity index (χ2v) is 5.62. The number of hydrogen-bond donors (Lipinski definition) is 1. The van der Waals surface area contributed by atoms with E-state index < -0.39 is 0 Å². The molecule has 2 nitrogen and oxygen atoms in total. The Bertz CT molecular complexity index is 540. The predicted octanol–water partition coefficient (Wildman–Crippen LogP) is 3.12. The van der Waals surface area contributed by atoms with E-state index in [1.165, 1.54) is 17.4 Å². The molecule has 2 aromatic rings. The van der Waals surface area contributed by atoms with Gasteiger partial charge < -0.3 is 5.32 Å². The second kappa shape index (κ2) is 3.81. The molecule has 0 spiro atoms. The summed E-state index contributed by atoms with van der Waals surface area (Å²) < 4.78 is 0. The quantitative estimate of drug-likeness (QED) is 0.869. The average molecular weight is 226 g/mol. The maximum absolute atomic E-state index is 4.48. The Kier molecular flexibility index (Phi) is 2.40. The van der Waals surface area contributed by atoms with Crippen LogP contribution in [-0.4, -0.2) is 11.0 Å². The summed E-state index contributed by atoms with van der Waals surface area (Å²) in [5.74, 6) is 0. The van der Waals surface area contributed by atoms with Crippen molar-refractivity contribution in [3.05, 3.63) is 42.1 Å². The van der Waals surface area contributed by atoms with Crippen LogP contribution in [0.2, 0.25) is 0 Å². The third kappa shape index (κ3) is 2.05. The number of aromatic nitrogens is 1. The molecular weight excluding hydrogens is 208 g/mol. The van der Waals surface area contributed by atoms with Crippen LogP contribution in [0.1, 0.15) is 25.8 Å². The predicted molar refractivity (Wildman–Crippen MR) is 70.8 cm³/mol. The van der Waals surface area contributed by atoms with Gasteiger partial charge in [0.25, 0.3) is 0 Å². The monoisotopic (exact) mass is 226 g/mol. The van der Waals surface area contributed by atoms with Gasteiger partial charge in [-0.2, -0.15) is 0 Å². The Hall–Kier alpha value is -1.41. The van der Waals surface area contributed by atoms with Gasteiger partial charge >= 0.3 is 0 Å². The third-order valence-corrected chi connectivity index (χ3v) is 3.77. The van der Waals surface area contributed by atoms with Gasteiger partial charge in [0.2, 0.25) is 0 Å². The van der Waals surface area contributed by atoms with E-state index in [0.717, 1.165) is 12.1 Å². The standard InChI is InChI=1S/C15H18N2/c1-15(2)9-13(15)17-10-12-6-3-5-11-7-4-8-16-14(11)12/h3-8,13,17H,9-10H2,1-2H3. The van der Waals surface area contributed by atoms with Crippen molar-refractivity contribution in [3.8, 4) is 0 Å². The van der Waals surface area contributed by atoms with Gasteiger partial charge in [-0.05, 0) is 23.5 Å². The van der Waals surface area contributed by atoms with Gasteiger partial charge in [0.1, 0.15) is 0 Å². The van der Waals surface area contributed by atoms with Gasteiger partial charge in [-0.1, -0.05) is 38.1 Å². The fourth-order valence-corrected chi connectivity index (χ4v) is 2.36. The molecule has 88 valence electrons. The highest BCUT2D eigenvalue weighted by atomic mass is 15.0. The first-order chi connectivity index (χ1) is 8.17. The molecule has 3 rings (SSSR count). The van der Waals surface area contributed by atoms with Crippen molar-refractivity contribution >= 4 is 10.9 Å². The minimum absolute atomic E-state index is 0.484. The zero-order chi connectivity index (χ0) is 11.9. The first-order valence-electron chi connectivity index (χ1n) is 6.23. The lowest BCUT2D eigenvalue weighted by Gasteiger charge is -2.08. The van der Waals surface area contributed by atoms with Gasteiger partial charge in [0.05, 0.1) is 5.52 Å². The van der Waals surface area contributed by atoms with E-state index in [9.17, 15) is 0 Å². The van der Waals surface area contributed by atoms with Crippen LogP contribution >= 0.6 is 0 Å². The first kappa shape index (κ1) is 10.7. The highest BCUT2D eigenvalue weighted by molar-refractivity contribution is 5.81. The summed E-state index contributed by atoms with van der Waals surface area (Å²) in [6, 6.07) is 11.2. The molecule has 1 fully saturated rings. The van der Waals surface area contributed by atoms with Gasteiger partial charge in [0, 0.05) is 24.2 Å². The van der Waals surface area contributed by atoms with Gasteiger partial charge in [0.15, 0.2) is 0 Å². The Morgan fingerprint density at radius 1 is 1.29 bits per heavy atom. The van der Waals surface area contributed by atoms with E-state index in [4.69, 9.17) is 0 Å². The average Bonchev–Trinajstić information content (AvgIpc) is 2.94. The topological polar surface area (TPSA) is 24.9 Å². The smallest absolute Gasteiger partial charge is 0.0746 e. The highest BCUT2D eigenvalue weighted by Crippen LogP contribution is 2.44. The molecule has 1 aliphatic carbocycles. The molecule has 1 aromatic carbocycles. The molecule has 17 heavy (non-hydrogen) atoms. The lowest BCUT2D eigenvalue weighted by atomic mass is 10.1. The number of para-hydroxylation sites is 1. The van der Waals surface area contributed by atoms with Crippen molar-refractivity contribution in [2.45, 2.75) is 32.9 Å². The fourth-order valence-electron chi connectivity index (χ4n) is 2.36. The molecule has 1 unspecified atom stereocenters. The van der Waals surface area contributed by atoms with Crippen LogP contribution in [0.15, 0.2) is 36.5 Å². The zero-order valence-electron chi connectivity index (χ0n) is 10.4. The molecule has 1 atom stereocenters. The first-order valence-corrected chi connectivity index (χ1v) is 6.23. The van der Waals surface area contributed by atoms with E-state index in [0.29, 0.717) is 11.5 Å². The van der Waals surface area contributed by atoms with E-state index in [2.05, 4.69) is 48.4 Å². The number of nitrogens with zero attached hydrogens (tertiary/aromatic N) is 1. The van der Waals surface area contributed by atoms with E-state index in [-0.39, 0.29) is 0 Å². The Morgan fingerprint density at radius 3 is 2.82 bits per heavy atom. The van der Waals surface area contributed by atoms with Crippen LogP contribution in [-0.2, 0) is 6.54 Å². The van der Waals surface area contributed by atoms with E-state index in [1.54, 1.807) is 0 Å². The highest BCUT2D eigenvalue weighted by Gasteiger charge is 2.44. The van der Waals surface area contributed by atoms with Gasteiger partial charge in [-0.25, -0.2) is 0 Å². The molecular formula is C15H18N2. The molecule has 1 heterocycles. The Balaban J connectivity index is 1.81. The number of benzene rings is 1. The molecule has 1 aromatic heterocycles. The van der Waals surface area contributed by atoms with Crippen molar-refractivity contribution < 1.29 is 0 Å². The van der Waals surface area contributed by atoms with Crippen molar-refractivity contribution in [2.75, 3.05) is 0 Å². The largest absolute Gasteiger partial charge is 0.309 e. The Labute approximate surface area is 102 Å². The summed E-state index contributed by atoms with van der Waals surface area (Å²) in [5.41, 5.74) is 2.91. The number of rotatable bonds is 3. The molecule has 1 N–H and O–H groups in total. The maximum atomic E-state index is 4.48. The van der Waals surface area contributed by atoms with Gasteiger partial charge in [-0.3, -0.25) is 4.98 Å². The Morgan fingerprint density at radius 2 is 2.06 bits per heavy atom. The van der Waals surface area contributed by atoms with Crippen molar-refractivity contribution in [3.63, 3.8) is 0 Å². The summed E-state index contributed by atoms with van der Waals surface area (Å²) in [6.07, 6.45) is 3.15. The van der Waals surface area contributed by atoms with Crippen LogP contribution in [0.3, 0.4) is 0 Å². The van der Waals surface area contributed by atoms with Crippen LogP contribution in [0.5, 0.6) is 0 Å². The van der Waals surface area contributed by atoms with Crippen LogP contribution < -0.4 is 5.32 Å². The summed E-state index contributed by atoms with van der Waals surface area (Å²) in [5, 5.41) is 4.84. The number of nitrogens with one attached hydrogen (secondary N) is 1. The molecule has 0 bridgehead atoms. The molecule has 2 heteroatoms. The number of hydrogen-bond acceptors (Lipinski definition) is 2. The molecule has 0 radical (unpaired) electrons. The molecule has 0 amide bonds. The molecule has 0 aliphatic heterocycles. The normalized spacial score (nSPS) is 21.6. The van der Waals surface area contributed by atoms with Crippen molar-refractivity contribution in [1.29, 1.82) is 0 Å². The fraction of sp³-hybridized carbons (Fsp3) is 0.400. The van der Waals surface area contributed by atoms with Crippen LogP contribution in [0.25, 0.3) is 10.9 Å². The molecule has 0 saturated heterocycles. The minimum Gasteiger partial charge on any atom is -0.309 e. The summed E-state index contributed by atoms with van der Waals surface area (Å²) in [7, 11) is 0. The second-order valence-electron chi connectivity index (χ2n) is 5.62. The third-order valence-electron chi connectivity index (χ3n) is 3.77. The van der Waals surface area contributed by atoms with Crippen molar-refractivity contribution in [2.24, 2.45) is 5.41 Å². The number of pyridine rings is 1. The summed E-state index contributed by atoms with van der Waals surface area (Å²) in [6.45, 7) is 5.54. The minimum atomic E-state index is 0.484. The van der Waals surface area contributed by atoms with Crippen molar-refractivity contribution in [1.82, 2.24) is 10.3 Å². The lowest BCUT2D eigenvalue weighted by molar-refractivity contribution is 0.543. The lowest BCUT2D eigenvalue weighted by Crippen LogP contribution is -2.20. The number of fused-ring (bicyclic) bond motifs is 1. The summed E-state index contributed by atoms with van der Waals surface area (Å²) in [4.78, 5) is 4.48. The van der Waals surface area contributed by atoms with E-state index in [1.807, 2.05) is 12.3 Å².